The van der Waals surface area contributed by atoms with Crippen LogP contribution in [0.15, 0.2) is 48.8 Å². The average Bonchev–Trinajstić information content (AvgIpc) is 3.61. The molecular weight excluding hydrogens is 539 g/mol. The molecule has 19 heteroatoms. The maximum Gasteiger partial charge on any atom is 0.416 e. The minimum absolute atomic E-state index is 0.00857. The van der Waals surface area contributed by atoms with E-state index in [1.54, 1.807) is 12.1 Å². The number of rotatable bonds is 5. The highest BCUT2D eigenvalue weighted by Crippen LogP contribution is 2.48. The van der Waals surface area contributed by atoms with Crippen LogP contribution in [-0.4, -0.2) is 110 Å². The molecule has 0 spiro atoms. The Morgan fingerprint density at radius 3 is 2.05 bits per heavy atom. The molecule has 0 radical (unpaired) electrons. The Balaban J connectivity index is 1.60. The lowest BCUT2D eigenvalue weighted by Crippen LogP contribution is -2.93. The lowest BCUT2D eigenvalue weighted by molar-refractivity contribution is -0.138. The molecule has 1 aliphatic heterocycles. The van der Waals surface area contributed by atoms with E-state index in [0.29, 0.717) is 11.4 Å². The number of nitrogens with zero attached hydrogens (tertiary/aromatic N) is 5. The molecular formula is C23H30B8F4N6O. The number of piperazine rings is 1. The van der Waals surface area contributed by atoms with Crippen molar-refractivity contribution < 1.29 is 22.4 Å². The van der Waals surface area contributed by atoms with Crippen molar-refractivity contribution in [1.82, 2.24) is 19.7 Å². The van der Waals surface area contributed by atoms with E-state index < -0.39 is 38.9 Å². The number of carbonyl (C=O) groups is 1. The van der Waals surface area contributed by atoms with Gasteiger partial charge in [0.05, 0.1) is 11.3 Å². The molecule has 0 unspecified atom stereocenters. The van der Waals surface area contributed by atoms with Crippen LogP contribution in [0.4, 0.5) is 34.9 Å². The van der Waals surface area contributed by atoms with Crippen molar-refractivity contribution in [3.8, 4) is 5.69 Å². The third kappa shape index (κ3) is 4.86. The molecule has 1 aromatic heterocycles. The fourth-order valence-corrected chi connectivity index (χ4v) is 6.37. The number of amides is 1. The van der Waals surface area contributed by atoms with Crippen molar-refractivity contribution in [2.75, 3.05) is 10.2 Å². The first kappa shape index (κ1) is 30.4. The molecule has 1 N–H and O–H groups in total. The summed E-state index contributed by atoms with van der Waals surface area (Å²) in [5.74, 6) is -0.304. The number of benzene rings is 2. The van der Waals surface area contributed by atoms with Crippen LogP contribution in [0.2, 0.25) is 0 Å². The Hall–Kier alpha value is -3.11. The van der Waals surface area contributed by atoms with Gasteiger partial charge in [-0.2, -0.15) is 18.2 Å². The van der Waals surface area contributed by atoms with Gasteiger partial charge in [0.25, 0.3) is 0 Å². The molecule has 1 saturated heterocycles. The number of hydrogen-bond acceptors (Lipinski definition) is 5. The maximum absolute atomic E-state index is 14.3. The first-order valence-corrected chi connectivity index (χ1v) is 14.1. The van der Waals surface area contributed by atoms with Crippen molar-refractivity contribution >= 4 is 86.0 Å². The van der Waals surface area contributed by atoms with Crippen molar-refractivity contribution in [1.29, 1.82) is 0 Å². The minimum Gasteiger partial charge on any atom is -0.390 e. The Labute approximate surface area is 250 Å². The van der Waals surface area contributed by atoms with Gasteiger partial charge >= 0.3 is 6.18 Å². The normalized spacial score (nSPS) is 20.7. The minimum atomic E-state index is -4.62. The topological polar surface area (TPSA) is 66.3 Å². The summed E-state index contributed by atoms with van der Waals surface area (Å²) in [4.78, 5) is 21.9. The van der Waals surface area contributed by atoms with Crippen LogP contribution in [-0.2, 0) is 11.0 Å². The molecule has 0 bridgehead atoms. The summed E-state index contributed by atoms with van der Waals surface area (Å²) in [5, 5.41) is 4.17. The van der Waals surface area contributed by atoms with Crippen LogP contribution in [0.25, 0.3) is 5.69 Å². The van der Waals surface area contributed by atoms with E-state index in [1.807, 2.05) is 72.6 Å². The molecule has 5 rings (SSSR count). The Kier molecular flexibility index (Phi) is 7.01. The molecule has 2 aromatic carbocycles. The summed E-state index contributed by atoms with van der Waals surface area (Å²) in [6, 6.07) is 9.60. The molecule has 42 heavy (non-hydrogen) atoms. The standard InChI is InChI=1S/C23H30B8F4N6O/c24-20(25)22(28,29)41(17(42)11-4-5-11)23(30,31)21(26,27)40(20)16-7-12(19(33,34)35)6-14(9-16)37-18-36-10-39(38-18)15-3-1-2-13(32)8-15/h1-3,6-11H,4-5,24-31H2,(H,37,38). The van der Waals surface area contributed by atoms with Gasteiger partial charge in [-0.05, 0) is 70.6 Å². The van der Waals surface area contributed by atoms with Crippen molar-refractivity contribution in [2.24, 2.45) is 5.92 Å². The van der Waals surface area contributed by atoms with E-state index in [0.717, 1.165) is 25.0 Å². The molecule has 3 aromatic rings. The Bertz CT molecular complexity index is 1520. The van der Waals surface area contributed by atoms with Gasteiger partial charge in [0.15, 0.2) is 0 Å². The van der Waals surface area contributed by atoms with Crippen LogP contribution < -0.4 is 10.2 Å². The first-order valence-electron chi connectivity index (χ1n) is 14.1. The van der Waals surface area contributed by atoms with Crippen molar-refractivity contribution in [3.05, 3.63) is 60.2 Å². The first-order chi connectivity index (χ1) is 19.3. The monoisotopic (exact) mass is 570 g/mol. The second-order valence-electron chi connectivity index (χ2n) is 13.4. The highest BCUT2D eigenvalue weighted by atomic mass is 19.4. The van der Waals surface area contributed by atoms with Crippen LogP contribution >= 0.6 is 0 Å². The van der Waals surface area contributed by atoms with Gasteiger partial charge in [0.1, 0.15) is 74.9 Å². The number of nitrogens with one attached hydrogen (secondary N) is 1. The van der Waals surface area contributed by atoms with Gasteiger partial charge in [0, 0.05) is 17.3 Å². The van der Waals surface area contributed by atoms with E-state index in [9.17, 15) is 22.4 Å². The Morgan fingerprint density at radius 1 is 0.881 bits per heavy atom. The van der Waals surface area contributed by atoms with E-state index >= 15 is 0 Å². The number of aromatic nitrogens is 3. The summed E-state index contributed by atoms with van der Waals surface area (Å²) in [6.07, 6.45) is -1.54. The lowest BCUT2D eigenvalue weighted by Gasteiger charge is -2.74. The van der Waals surface area contributed by atoms with E-state index in [-0.39, 0.29) is 23.5 Å². The van der Waals surface area contributed by atoms with E-state index in [4.69, 9.17) is 0 Å². The third-order valence-electron chi connectivity index (χ3n) is 9.70. The number of hydrogen-bond donors (Lipinski definition) is 1. The highest BCUT2D eigenvalue weighted by Gasteiger charge is 2.64. The van der Waals surface area contributed by atoms with Gasteiger partial charge in [-0.15, -0.1) is 5.10 Å². The van der Waals surface area contributed by atoms with Gasteiger partial charge in [-0.1, -0.05) is 6.07 Å². The predicted molar refractivity (Wildman–Crippen MR) is 177 cm³/mol. The molecule has 2 fully saturated rings. The number of carbonyl (C=O) groups excluding carboxylic acids is 1. The predicted octanol–water partition coefficient (Wildman–Crippen LogP) is -4.09. The molecule has 210 valence electrons. The van der Waals surface area contributed by atoms with E-state index in [1.165, 1.54) is 29.2 Å². The van der Waals surface area contributed by atoms with Gasteiger partial charge in [-0.3, -0.25) is 4.79 Å². The van der Waals surface area contributed by atoms with Crippen LogP contribution in [0.1, 0.15) is 18.4 Å². The summed E-state index contributed by atoms with van der Waals surface area (Å²) < 4.78 is 58.0. The van der Waals surface area contributed by atoms with Gasteiger partial charge < -0.3 is 15.1 Å². The summed E-state index contributed by atoms with van der Waals surface area (Å²) >= 11 is 0. The quantitative estimate of drug-likeness (QED) is 0.251. The van der Waals surface area contributed by atoms with Crippen LogP contribution in [0, 0.1) is 11.7 Å². The summed E-state index contributed by atoms with van der Waals surface area (Å²) in [5.41, 5.74) is 0.0969. The Morgan fingerprint density at radius 2 is 1.50 bits per heavy atom. The fraction of sp³-hybridized carbons (Fsp3) is 0.348. The van der Waals surface area contributed by atoms with E-state index in [2.05, 4.69) is 15.4 Å². The lowest BCUT2D eigenvalue weighted by atomic mass is 9.26. The fourth-order valence-electron chi connectivity index (χ4n) is 6.37. The third-order valence-corrected chi connectivity index (χ3v) is 9.70. The molecule has 1 amide bonds. The number of alkyl halides is 3. The van der Waals surface area contributed by atoms with Gasteiger partial charge in [-0.25, -0.2) is 9.07 Å². The number of halogens is 4. The second-order valence-corrected chi connectivity index (χ2v) is 13.4. The summed E-state index contributed by atoms with van der Waals surface area (Å²) in [7, 11) is 15.9. The number of anilines is 3. The van der Waals surface area contributed by atoms with Crippen LogP contribution in [0.5, 0.6) is 0 Å². The highest BCUT2D eigenvalue weighted by molar-refractivity contribution is 6.63. The van der Waals surface area contributed by atoms with Crippen LogP contribution in [0.3, 0.4) is 0 Å². The zero-order chi connectivity index (χ0) is 31.0. The van der Waals surface area contributed by atoms with Gasteiger partial charge in [0.2, 0.25) is 11.9 Å². The molecule has 0 atom stereocenters. The summed E-state index contributed by atoms with van der Waals surface area (Å²) in [6.45, 7) is 0. The molecule has 2 aliphatic rings. The maximum atomic E-state index is 14.3. The SMILES string of the molecule is BC1(B)N(C(=O)C2CC2)C(B)(B)C(B)(B)N(c2cc(Nc3ncn(-c4cccc(F)c4)n3)cc(C(F)(F)F)c2)C1(B)B. The average molecular weight is 569 g/mol. The smallest absolute Gasteiger partial charge is 0.390 e. The molecule has 7 nitrogen and oxygen atoms in total. The van der Waals surface area contributed by atoms with Crippen molar-refractivity contribution in [3.63, 3.8) is 0 Å². The largest absolute Gasteiger partial charge is 0.416 e. The molecule has 1 saturated carbocycles. The molecule has 1 aliphatic carbocycles. The second kappa shape index (κ2) is 9.70. The zero-order valence-electron chi connectivity index (χ0n) is 25.3. The zero-order valence-corrected chi connectivity index (χ0v) is 25.3. The molecule has 2 heterocycles. The van der Waals surface area contributed by atoms with Crippen molar-refractivity contribution in [2.45, 2.75) is 40.4 Å².